The van der Waals surface area contributed by atoms with Crippen LogP contribution in [0.1, 0.15) is 42.5 Å². The van der Waals surface area contributed by atoms with Crippen LogP contribution in [-0.2, 0) is 17.6 Å². The number of imide groups is 1. The van der Waals surface area contributed by atoms with Gasteiger partial charge in [0.15, 0.2) is 0 Å². The van der Waals surface area contributed by atoms with Crippen LogP contribution in [0.4, 0.5) is 4.79 Å². The van der Waals surface area contributed by atoms with Crippen molar-refractivity contribution in [3.8, 4) is 17.2 Å². The number of phenolic OH excluding ortho intramolecular Hbond substituents is 1. The molecule has 2 aliphatic heterocycles. The summed E-state index contributed by atoms with van der Waals surface area (Å²) < 4.78 is 20.6. The molecule has 2 aromatic carbocycles. The number of thioether (sulfide) groups is 1. The number of carbonyl (C=O) groups is 2. The first-order chi connectivity index (χ1) is 15.0. The minimum absolute atomic E-state index is 0.137. The Morgan fingerprint density at radius 1 is 1.23 bits per heavy atom. The molecule has 4 rings (SSSR count). The largest absolute Gasteiger partial charge is 0.507 e. The summed E-state index contributed by atoms with van der Waals surface area (Å²) in [7, 11) is 0. The van der Waals surface area contributed by atoms with Crippen LogP contribution in [0, 0.1) is 20.8 Å². The van der Waals surface area contributed by atoms with Crippen molar-refractivity contribution in [1.82, 2.24) is 5.32 Å². The fourth-order valence-corrected chi connectivity index (χ4v) is 4.73. The van der Waals surface area contributed by atoms with Crippen LogP contribution in [-0.4, -0.2) is 33.7 Å². The Hall–Kier alpha value is -2.67. The van der Waals surface area contributed by atoms with Crippen molar-refractivity contribution >= 4 is 22.9 Å². The lowest BCUT2D eigenvalue weighted by Crippen LogP contribution is -2.42. The zero-order valence-corrected chi connectivity index (χ0v) is 18.9. The van der Waals surface area contributed by atoms with E-state index >= 15 is 0 Å². The van der Waals surface area contributed by atoms with Gasteiger partial charge in [0.25, 0.3) is 5.24 Å². The second kappa shape index (κ2) is 8.11. The molecular weight excluding hydrogens is 414 g/mol. The average Bonchev–Trinajstić information content (AvgIpc) is 3.01. The lowest BCUT2D eigenvalue weighted by Gasteiger charge is -2.37. The van der Waals surface area contributed by atoms with Crippen LogP contribution in [0.15, 0.2) is 24.3 Å². The predicted octanol–water partition coefficient (Wildman–Crippen LogP) is 4.37. The molecule has 0 radical (unpaired) electrons. The van der Waals surface area contributed by atoms with Gasteiger partial charge in [0.05, 0.1) is 6.60 Å². The molecular formula is C24H27NO5S. The highest BCUT2D eigenvalue weighted by Gasteiger charge is 2.35. The number of amides is 2. The minimum atomic E-state index is -1.53. The van der Waals surface area contributed by atoms with Crippen LogP contribution in [0.5, 0.6) is 17.2 Å². The molecule has 2 amide bonds. The maximum absolute atomic E-state index is 11.9. The van der Waals surface area contributed by atoms with E-state index in [-0.39, 0.29) is 6.42 Å². The van der Waals surface area contributed by atoms with Crippen LogP contribution in [0.2, 0.25) is 0 Å². The van der Waals surface area contributed by atoms with Crippen LogP contribution >= 0.6 is 11.8 Å². The number of carbonyl (C=O) groups excluding carboxylic acids is 2. The van der Waals surface area contributed by atoms with Crippen molar-refractivity contribution in [1.29, 1.82) is 0 Å². The number of phenols is 1. The van der Waals surface area contributed by atoms with Crippen molar-refractivity contribution in [2.24, 2.45) is 0 Å². The number of ether oxygens (including phenoxy) is 2. The van der Waals surface area contributed by atoms with Gasteiger partial charge in [0.2, 0.25) is 5.91 Å². The van der Waals surface area contributed by atoms with E-state index in [1.807, 2.05) is 27.7 Å². The summed E-state index contributed by atoms with van der Waals surface area (Å²) in [5, 5.41) is 10.5. The molecule has 0 bridgehead atoms. The van der Waals surface area contributed by atoms with Crippen molar-refractivity contribution in [3.63, 3.8) is 0 Å². The molecule has 1 saturated heterocycles. The van der Waals surface area contributed by atoms with Gasteiger partial charge in [0, 0.05) is 5.56 Å². The topological polar surface area (TPSA) is 84.9 Å². The van der Waals surface area contributed by atoms with E-state index in [4.69, 9.17) is 10.8 Å². The smallest absolute Gasteiger partial charge is 0.286 e. The highest BCUT2D eigenvalue weighted by Crippen LogP contribution is 2.43. The number of hydrogen-bond donors (Lipinski definition) is 2. The molecule has 2 atom stereocenters. The van der Waals surface area contributed by atoms with Crippen molar-refractivity contribution in [3.05, 3.63) is 52.1 Å². The van der Waals surface area contributed by atoms with Crippen molar-refractivity contribution < 1.29 is 25.5 Å². The first kappa shape index (κ1) is 20.2. The molecule has 31 heavy (non-hydrogen) atoms. The summed E-state index contributed by atoms with van der Waals surface area (Å²) >= 11 is 0.705. The highest BCUT2D eigenvalue weighted by atomic mass is 32.2. The fourth-order valence-electron chi connectivity index (χ4n) is 3.98. The van der Waals surface area contributed by atoms with Gasteiger partial charge in [-0.1, -0.05) is 23.9 Å². The van der Waals surface area contributed by atoms with E-state index in [1.165, 1.54) is 0 Å². The molecule has 1 fully saturated rings. The van der Waals surface area contributed by atoms with E-state index in [0.29, 0.717) is 29.9 Å². The first-order valence-electron chi connectivity index (χ1n) is 10.8. The molecule has 0 aliphatic carbocycles. The summed E-state index contributed by atoms with van der Waals surface area (Å²) in [6.45, 7) is 8.18. The molecule has 2 aliphatic rings. The highest BCUT2D eigenvalue weighted by molar-refractivity contribution is 8.15. The standard InChI is InChI=1S/C24H27NO5S/c1-13-14(2)21-18(15(3)20(13)26)9-10-24(4,30-21)12-29-17-7-5-16(6-8-17)11-19-22(27)25-23(28)31-19/h5-8,19,26H,9-12H2,1-4H3,(H,25,27,28)/t19-,24?/m0/s1/i19D. The number of nitrogens with one attached hydrogen (secondary N) is 1. The zero-order valence-electron chi connectivity index (χ0n) is 19.1. The van der Waals surface area contributed by atoms with Crippen LogP contribution < -0.4 is 14.8 Å². The van der Waals surface area contributed by atoms with E-state index in [0.717, 1.165) is 46.4 Å². The molecule has 164 valence electrons. The van der Waals surface area contributed by atoms with E-state index in [9.17, 15) is 14.7 Å². The number of fused-ring (bicyclic) bond motifs is 1. The van der Waals surface area contributed by atoms with Gasteiger partial charge in [0.1, 0.15) is 29.5 Å². The van der Waals surface area contributed by atoms with Crippen LogP contribution in [0.25, 0.3) is 0 Å². The van der Waals surface area contributed by atoms with Gasteiger partial charge in [-0.2, -0.15) is 0 Å². The van der Waals surface area contributed by atoms with E-state index in [1.54, 1.807) is 24.3 Å². The van der Waals surface area contributed by atoms with Gasteiger partial charge in [-0.15, -0.1) is 0 Å². The summed E-state index contributed by atoms with van der Waals surface area (Å²) in [6.07, 6.45) is 1.71. The minimum Gasteiger partial charge on any atom is -0.507 e. The van der Waals surface area contributed by atoms with Crippen molar-refractivity contribution in [2.75, 3.05) is 6.61 Å². The van der Waals surface area contributed by atoms with Gasteiger partial charge in [-0.05, 0) is 81.3 Å². The molecule has 6 nitrogen and oxygen atoms in total. The third kappa shape index (κ3) is 4.24. The second-order valence-corrected chi connectivity index (χ2v) is 9.53. The Bertz CT molecular complexity index is 1100. The van der Waals surface area contributed by atoms with Gasteiger partial charge >= 0.3 is 0 Å². The Labute approximate surface area is 187 Å². The maximum atomic E-state index is 11.9. The summed E-state index contributed by atoms with van der Waals surface area (Å²) in [5.41, 5.74) is 4.00. The zero-order chi connectivity index (χ0) is 23.3. The van der Waals surface area contributed by atoms with Gasteiger partial charge in [-0.25, -0.2) is 0 Å². The Morgan fingerprint density at radius 2 is 1.94 bits per heavy atom. The quantitative estimate of drug-likeness (QED) is 0.715. The number of benzene rings is 2. The third-order valence-electron chi connectivity index (χ3n) is 6.11. The predicted molar refractivity (Wildman–Crippen MR) is 120 cm³/mol. The van der Waals surface area contributed by atoms with Crippen molar-refractivity contribution in [2.45, 2.75) is 57.8 Å². The van der Waals surface area contributed by atoms with Gasteiger partial charge in [-0.3, -0.25) is 14.9 Å². The molecule has 7 heteroatoms. The molecule has 1 unspecified atom stereocenters. The SMILES string of the molecule is [2H][C@@]1(Cc2ccc(OCC3(C)CCc4c(C)c(O)c(C)c(C)c4O3)cc2)SC(=O)NC1=O. The summed E-state index contributed by atoms with van der Waals surface area (Å²) in [6, 6.07) is 7.22. The Morgan fingerprint density at radius 3 is 2.58 bits per heavy atom. The molecule has 0 saturated carbocycles. The number of aromatic hydroxyl groups is 1. The number of rotatable bonds is 5. The summed E-state index contributed by atoms with van der Waals surface area (Å²) in [5.74, 6) is 1.27. The molecule has 2 N–H and O–H groups in total. The van der Waals surface area contributed by atoms with Gasteiger partial charge < -0.3 is 14.6 Å². The fraction of sp³-hybridized carbons (Fsp3) is 0.417. The molecule has 2 aromatic rings. The number of hydrogen-bond acceptors (Lipinski definition) is 6. The average molecular weight is 443 g/mol. The Balaban J connectivity index is 1.42. The first-order valence-corrected chi connectivity index (χ1v) is 11.1. The van der Waals surface area contributed by atoms with Crippen LogP contribution in [0.3, 0.4) is 0 Å². The second-order valence-electron chi connectivity index (χ2n) is 8.46. The lowest BCUT2D eigenvalue weighted by molar-refractivity contribution is -0.118. The Kier molecular flexibility index (Phi) is 5.30. The normalized spacial score (nSPS) is 25.5. The molecule has 0 spiro atoms. The molecule has 2 heterocycles. The lowest BCUT2D eigenvalue weighted by atomic mass is 9.87. The maximum Gasteiger partial charge on any atom is 0.286 e. The monoisotopic (exact) mass is 442 g/mol. The summed E-state index contributed by atoms with van der Waals surface area (Å²) in [4.78, 5) is 23.3. The van der Waals surface area contributed by atoms with E-state index in [2.05, 4.69) is 5.32 Å². The third-order valence-corrected chi connectivity index (χ3v) is 6.97. The van der Waals surface area contributed by atoms with E-state index < -0.39 is 22.0 Å². The molecule has 0 aromatic heterocycles.